The van der Waals surface area contributed by atoms with E-state index in [1.165, 1.54) is 7.11 Å². The number of esters is 1. The zero-order valence-electron chi connectivity index (χ0n) is 16.7. The molecule has 3 rings (SSSR count). The van der Waals surface area contributed by atoms with Crippen molar-refractivity contribution in [3.63, 3.8) is 0 Å². The van der Waals surface area contributed by atoms with Crippen molar-refractivity contribution >= 4 is 12.1 Å². The van der Waals surface area contributed by atoms with Gasteiger partial charge in [0.15, 0.2) is 0 Å². The summed E-state index contributed by atoms with van der Waals surface area (Å²) in [5.41, 5.74) is 2.00. The van der Waals surface area contributed by atoms with Crippen LogP contribution in [0.4, 0.5) is 4.79 Å². The second-order valence-corrected chi connectivity index (χ2v) is 6.82. The molecule has 2 heterocycles. The van der Waals surface area contributed by atoms with Crippen molar-refractivity contribution < 1.29 is 23.8 Å². The summed E-state index contributed by atoms with van der Waals surface area (Å²) in [7, 11) is 1.32. The maximum Gasteiger partial charge on any atom is 0.410 e. The van der Waals surface area contributed by atoms with E-state index in [0.717, 1.165) is 17.5 Å². The number of amides is 1. The van der Waals surface area contributed by atoms with Crippen molar-refractivity contribution in [2.24, 2.45) is 0 Å². The van der Waals surface area contributed by atoms with Crippen molar-refractivity contribution in [2.45, 2.75) is 38.5 Å². The average Bonchev–Trinajstić information content (AvgIpc) is 2.78. The molecule has 0 radical (unpaired) electrons. The molecule has 7 heteroatoms. The van der Waals surface area contributed by atoms with E-state index >= 15 is 0 Å². The highest BCUT2D eigenvalue weighted by Gasteiger charge is 2.34. The highest BCUT2D eigenvalue weighted by atomic mass is 16.6. The molecular formula is C22H26N2O5. The first-order valence-electron chi connectivity index (χ1n) is 9.75. The van der Waals surface area contributed by atoms with Gasteiger partial charge in [-0.1, -0.05) is 36.4 Å². The Labute approximate surface area is 170 Å². The maximum atomic E-state index is 12.8. The maximum absolute atomic E-state index is 12.8. The van der Waals surface area contributed by atoms with Gasteiger partial charge in [0.1, 0.15) is 12.3 Å². The number of rotatable bonds is 6. The van der Waals surface area contributed by atoms with Crippen LogP contribution in [0.3, 0.4) is 0 Å². The molecular weight excluding hydrogens is 372 g/mol. The molecule has 0 bridgehead atoms. The predicted molar refractivity (Wildman–Crippen MR) is 106 cm³/mol. The van der Waals surface area contributed by atoms with Crippen molar-refractivity contribution in [3.05, 3.63) is 65.5 Å². The van der Waals surface area contributed by atoms with Crippen LogP contribution in [0, 0.1) is 0 Å². The average molecular weight is 398 g/mol. The Hall–Kier alpha value is -2.93. The Kier molecular flexibility index (Phi) is 7.19. The van der Waals surface area contributed by atoms with Crippen LogP contribution in [-0.4, -0.2) is 48.3 Å². The standard InChI is InChI=1S/C22H26N2O5/c1-3-28-18-11-12-24(22(26)29-15-16-7-5-4-6-8-16)20(13-18)17-9-10-19(23-14-17)21(25)27-2/h4-10,14,18,20H,3,11-13,15H2,1-2H3/t18-,20-/m0/s1. The molecule has 1 amide bonds. The fraction of sp³-hybridized carbons (Fsp3) is 0.409. The highest BCUT2D eigenvalue weighted by molar-refractivity contribution is 5.87. The van der Waals surface area contributed by atoms with Crippen molar-refractivity contribution in [1.29, 1.82) is 0 Å². The summed E-state index contributed by atoms with van der Waals surface area (Å²) in [6, 6.07) is 12.8. The lowest BCUT2D eigenvalue weighted by atomic mass is 9.94. The van der Waals surface area contributed by atoms with Crippen LogP contribution >= 0.6 is 0 Å². The van der Waals surface area contributed by atoms with E-state index in [1.54, 1.807) is 23.2 Å². The van der Waals surface area contributed by atoms with E-state index in [-0.39, 0.29) is 30.5 Å². The van der Waals surface area contributed by atoms with Gasteiger partial charge in [-0.15, -0.1) is 0 Å². The van der Waals surface area contributed by atoms with Crippen LogP contribution < -0.4 is 0 Å². The number of hydrogen-bond donors (Lipinski definition) is 0. The minimum Gasteiger partial charge on any atom is -0.464 e. The number of ether oxygens (including phenoxy) is 3. The van der Waals surface area contributed by atoms with E-state index in [4.69, 9.17) is 14.2 Å². The molecule has 0 spiro atoms. The van der Waals surface area contributed by atoms with Gasteiger partial charge in [-0.3, -0.25) is 0 Å². The summed E-state index contributed by atoms with van der Waals surface area (Å²) in [5, 5.41) is 0. The van der Waals surface area contributed by atoms with Gasteiger partial charge in [-0.05, 0) is 37.0 Å². The Bertz CT molecular complexity index is 810. The first-order chi connectivity index (χ1) is 14.1. The van der Waals surface area contributed by atoms with E-state index in [9.17, 15) is 9.59 Å². The van der Waals surface area contributed by atoms with Gasteiger partial charge in [-0.25, -0.2) is 14.6 Å². The summed E-state index contributed by atoms with van der Waals surface area (Å²) in [5.74, 6) is -0.494. The molecule has 2 aromatic rings. The molecule has 0 aliphatic carbocycles. The highest BCUT2D eigenvalue weighted by Crippen LogP contribution is 2.33. The molecule has 1 aromatic carbocycles. The normalized spacial score (nSPS) is 18.9. The number of likely N-dealkylation sites (tertiary alicyclic amines) is 1. The molecule has 1 aliphatic rings. The van der Waals surface area contributed by atoms with E-state index in [2.05, 4.69) is 4.98 Å². The van der Waals surface area contributed by atoms with Gasteiger partial charge in [0.05, 0.1) is 19.3 Å². The number of nitrogens with zero attached hydrogens (tertiary/aromatic N) is 2. The lowest BCUT2D eigenvalue weighted by molar-refractivity contribution is -0.0126. The lowest BCUT2D eigenvalue weighted by Gasteiger charge is -2.38. The third kappa shape index (κ3) is 5.32. The number of carbonyl (C=O) groups excluding carboxylic acids is 2. The molecule has 7 nitrogen and oxygen atoms in total. The monoisotopic (exact) mass is 398 g/mol. The van der Waals surface area contributed by atoms with Crippen molar-refractivity contribution in [2.75, 3.05) is 20.3 Å². The molecule has 0 N–H and O–H groups in total. The minimum absolute atomic E-state index is 0.0588. The first-order valence-corrected chi connectivity index (χ1v) is 9.75. The fourth-order valence-electron chi connectivity index (χ4n) is 3.48. The summed E-state index contributed by atoms with van der Waals surface area (Å²) in [6.07, 6.45) is 2.70. The van der Waals surface area contributed by atoms with Gasteiger partial charge in [0.25, 0.3) is 0 Å². The number of benzene rings is 1. The number of hydrogen-bond acceptors (Lipinski definition) is 6. The predicted octanol–water partition coefficient (Wildman–Crippen LogP) is 3.75. The SMILES string of the molecule is CCO[C@H]1CCN(C(=O)OCc2ccccc2)[C@H](c2ccc(C(=O)OC)nc2)C1. The second kappa shape index (κ2) is 10.0. The van der Waals surface area contributed by atoms with Gasteiger partial charge < -0.3 is 19.1 Å². The van der Waals surface area contributed by atoms with Gasteiger partial charge in [0, 0.05) is 19.3 Å². The molecule has 1 aromatic heterocycles. The van der Waals surface area contributed by atoms with Crippen LogP contribution in [0.15, 0.2) is 48.7 Å². The smallest absolute Gasteiger partial charge is 0.410 e. The number of aromatic nitrogens is 1. The third-order valence-corrected chi connectivity index (χ3v) is 4.96. The van der Waals surface area contributed by atoms with Gasteiger partial charge >= 0.3 is 12.1 Å². The summed E-state index contributed by atoms with van der Waals surface area (Å²) in [4.78, 5) is 30.4. The van der Waals surface area contributed by atoms with Crippen LogP contribution in [0.25, 0.3) is 0 Å². The van der Waals surface area contributed by atoms with Crippen LogP contribution in [0.2, 0.25) is 0 Å². The second-order valence-electron chi connectivity index (χ2n) is 6.82. The zero-order valence-corrected chi connectivity index (χ0v) is 16.7. The first kappa shape index (κ1) is 20.8. The Morgan fingerprint density at radius 1 is 1.17 bits per heavy atom. The number of methoxy groups -OCH3 is 1. The molecule has 29 heavy (non-hydrogen) atoms. The third-order valence-electron chi connectivity index (χ3n) is 4.96. The molecule has 0 saturated carbocycles. The van der Waals surface area contributed by atoms with Crippen LogP contribution in [0.5, 0.6) is 0 Å². The number of carbonyl (C=O) groups is 2. The number of piperidine rings is 1. The topological polar surface area (TPSA) is 78.0 Å². The summed E-state index contributed by atoms with van der Waals surface area (Å²) >= 11 is 0. The van der Waals surface area contributed by atoms with E-state index in [1.807, 2.05) is 37.3 Å². The Morgan fingerprint density at radius 2 is 1.97 bits per heavy atom. The van der Waals surface area contributed by atoms with E-state index in [0.29, 0.717) is 19.6 Å². The summed E-state index contributed by atoms with van der Waals surface area (Å²) < 4.78 is 16.0. The molecule has 1 aliphatic heterocycles. The largest absolute Gasteiger partial charge is 0.464 e. The van der Waals surface area contributed by atoms with Crippen molar-refractivity contribution in [3.8, 4) is 0 Å². The molecule has 0 unspecified atom stereocenters. The van der Waals surface area contributed by atoms with Gasteiger partial charge in [-0.2, -0.15) is 0 Å². The molecule has 1 saturated heterocycles. The number of pyridine rings is 1. The van der Waals surface area contributed by atoms with Gasteiger partial charge in [0.2, 0.25) is 0 Å². The Balaban J connectivity index is 1.74. The molecule has 2 atom stereocenters. The minimum atomic E-state index is -0.494. The molecule has 154 valence electrons. The van der Waals surface area contributed by atoms with Crippen molar-refractivity contribution in [1.82, 2.24) is 9.88 Å². The Morgan fingerprint density at radius 3 is 2.62 bits per heavy atom. The van der Waals surface area contributed by atoms with E-state index < -0.39 is 5.97 Å². The fourth-order valence-corrected chi connectivity index (χ4v) is 3.48. The quantitative estimate of drug-likeness (QED) is 0.690. The van der Waals surface area contributed by atoms with Crippen LogP contribution in [-0.2, 0) is 20.8 Å². The molecule has 1 fully saturated rings. The van der Waals surface area contributed by atoms with Crippen LogP contribution in [0.1, 0.15) is 47.4 Å². The zero-order chi connectivity index (χ0) is 20.6. The lowest BCUT2D eigenvalue weighted by Crippen LogP contribution is -2.43. The summed E-state index contributed by atoms with van der Waals surface area (Å²) in [6.45, 7) is 3.33.